The van der Waals surface area contributed by atoms with E-state index in [4.69, 9.17) is 4.74 Å². The fraction of sp³-hybridized carbons (Fsp3) is 0.222. The summed E-state index contributed by atoms with van der Waals surface area (Å²) in [4.78, 5) is 0. The van der Waals surface area contributed by atoms with Gasteiger partial charge in [0.25, 0.3) is 0 Å². The van der Waals surface area contributed by atoms with Crippen LogP contribution in [-0.2, 0) is 12.8 Å². The number of hydrogen-bond donors (Lipinski definition) is 0. The lowest BCUT2D eigenvalue weighted by molar-refractivity contribution is 0.415. The number of benzene rings is 2. The molecule has 0 aliphatic carbocycles. The third-order valence-electron chi connectivity index (χ3n) is 3.61. The van der Waals surface area contributed by atoms with Gasteiger partial charge in [-0.2, -0.15) is 0 Å². The van der Waals surface area contributed by atoms with Crippen LogP contribution in [0.25, 0.3) is 11.4 Å². The number of aryl methyl sites for hydroxylation is 1. The van der Waals surface area contributed by atoms with Gasteiger partial charge < -0.3 is 9.30 Å². The highest BCUT2D eigenvalue weighted by atomic mass is 32.2. The first-order valence-electron chi connectivity index (χ1n) is 7.39. The summed E-state index contributed by atoms with van der Waals surface area (Å²) in [5.74, 6) is 2.54. The Hall–Kier alpha value is -2.27. The highest BCUT2D eigenvalue weighted by molar-refractivity contribution is 7.98. The number of ether oxygens (including phenoxy) is 1. The maximum atomic E-state index is 5.28. The molecule has 1 heterocycles. The molecular formula is C18H19N3OS. The zero-order valence-electron chi connectivity index (χ0n) is 13.5. The molecule has 3 rings (SSSR count). The van der Waals surface area contributed by atoms with Gasteiger partial charge in [0.15, 0.2) is 11.0 Å². The monoisotopic (exact) mass is 325 g/mol. The van der Waals surface area contributed by atoms with Crippen LogP contribution in [0.4, 0.5) is 0 Å². The van der Waals surface area contributed by atoms with E-state index in [1.807, 2.05) is 35.9 Å². The van der Waals surface area contributed by atoms with Crippen molar-refractivity contribution in [1.82, 2.24) is 14.8 Å². The molecule has 0 saturated carbocycles. The molecule has 0 aliphatic heterocycles. The summed E-state index contributed by atoms with van der Waals surface area (Å²) in [6.07, 6.45) is 0. The molecule has 3 aromatic rings. The van der Waals surface area contributed by atoms with Crippen LogP contribution in [-0.4, -0.2) is 21.9 Å². The summed E-state index contributed by atoms with van der Waals surface area (Å²) in [7, 11) is 3.66. The van der Waals surface area contributed by atoms with Crippen LogP contribution >= 0.6 is 11.8 Å². The molecular weight excluding hydrogens is 306 g/mol. The summed E-state index contributed by atoms with van der Waals surface area (Å²) in [5, 5.41) is 9.55. The molecule has 0 spiro atoms. The molecule has 0 N–H and O–H groups in total. The Bertz CT molecular complexity index is 814. The van der Waals surface area contributed by atoms with Crippen molar-refractivity contribution < 1.29 is 4.74 Å². The molecule has 23 heavy (non-hydrogen) atoms. The second kappa shape index (κ2) is 6.87. The zero-order chi connectivity index (χ0) is 16.2. The standard InChI is InChI=1S/C18H19N3OS/c1-13-6-4-7-14(10-13)12-23-18-20-19-17(21(18)2)15-8-5-9-16(11-15)22-3/h4-11H,12H2,1-3H3. The SMILES string of the molecule is COc1cccc(-c2nnc(SCc3cccc(C)c3)n2C)c1. The lowest BCUT2D eigenvalue weighted by Crippen LogP contribution is -1.95. The molecule has 0 aliphatic rings. The lowest BCUT2D eigenvalue weighted by Gasteiger charge is -2.06. The maximum absolute atomic E-state index is 5.28. The van der Waals surface area contributed by atoms with Crippen molar-refractivity contribution in [2.75, 3.05) is 7.11 Å². The molecule has 0 amide bonds. The van der Waals surface area contributed by atoms with Crippen molar-refractivity contribution >= 4 is 11.8 Å². The second-order valence-corrected chi connectivity index (χ2v) is 6.32. The Morgan fingerprint density at radius 1 is 1.09 bits per heavy atom. The van der Waals surface area contributed by atoms with Crippen LogP contribution in [0.15, 0.2) is 53.7 Å². The van der Waals surface area contributed by atoms with E-state index in [2.05, 4.69) is 41.4 Å². The topological polar surface area (TPSA) is 39.9 Å². The van der Waals surface area contributed by atoms with Gasteiger partial charge in [-0.3, -0.25) is 0 Å². The van der Waals surface area contributed by atoms with Crippen LogP contribution in [0.3, 0.4) is 0 Å². The van der Waals surface area contributed by atoms with Crippen LogP contribution in [0.1, 0.15) is 11.1 Å². The third kappa shape index (κ3) is 3.56. The minimum absolute atomic E-state index is 0.819. The first-order chi connectivity index (χ1) is 11.2. The van der Waals surface area contributed by atoms with E-state index in [-0.39, 0.29) is 0 Å². The van der Waals surface area contributed by atoms with Gasteiger partial charge in [0, 0.05) is 18.4 Å². The summed E-state index contributed by atoms with van der Waals surface area (Å²) < 4.78 is 7.30. The van der Waals surface area contributed by atoms with Crippen molar-refractivity contribution in [2.24, 2.45) is 7.05 Å². The smallest absolute Gasteiger partial charge is 0.191 e. The summed E-state index contributed by atoms with van der Waals surface area (Å²) in [6, 6.07) is 16.4. The predicted octanol–water partition coefficient (Wildman–Crippen LogP) is 4.09. The second-order valence-electron chi connectivity index (χ2n) is 5.37. The lowest BCUT2D eigenvalue weighted by atomic mass is 10.2. The van der Waals surface area contributed by atoms with Gasteiger partial charge in [0.05, 0.1) is 7.11 Å². The molecule has 1 aromatic heterocycles. The first kappa shape index (κ1) is 15.6. The fourth-order valence-corrected chi connectivity index (χ4v) is 3.26. The average Bonchev–Trinajstić information content (AvgIpc) is 2.94. The van der Waals surface area contributed by atoms with Gasteiger partial charge in [-0.15, -0.1) is 10.2 Å². The van der Waals surface area contributed by atoms with Crippen molar-refractivity contribution in [3.05, 3.63) is 59.7 Å². The highest BCUT2D eigenvalue weighted by Crippen LogP contribution is 2.27. The third-order valence-corrected chi connectivity index (χ3v) is 4.70. The van der Waals surface area contributed by atoms with Crippen LogP contribution in [0.2, 0.25) is 0 Å². The molecule has 0 saturated heterocycles. The van der Waals surface area contributed by atoms with Crippen molar-refractivity contribution in [3.63, 3.8) is 0 Å². The average molecular weight is 325 g/mol. The largest absolute Gasteiger partial charge is 0.497 e. The number of nitrogens with zero attached hydrogens (tertiary/aromatic N) is 3. The zero-order valence-corrected chi connectivity index (χ0v) is 14.3. The van der Waals surface area contributed by atoms with E-state index in [9.17, 15) is 0 Å². The first-order valence-corrected chi connectivity index (χ1v) is 8.38. The van der Waals surface area contributed by atoms with Gasteiger partial charge in [0.1, 0.15) is 5.75 Å². The van der Waals surface area contributed by atoms with Crippen LogP contribution in [0, 0.1) is 6.92 Å². The summed E-state index contributed by atoms with van der Waals surface area (Å²) in [6.45, 7) is 2.11. The van der Waals surface area contributed by atoms with E-state index >= 15 is 0 Å². The number of hydrogen-bond acceptors (Lipinski definition) is 4. The number of aromatic nitrogens is 3. The number of methoxy groups -OCH3 is 1. The molecule has 0 atom stereocenters. The Balaban J connectivity index is 1.79. The van der Waals surface area contributed by atoms with Gasteiger partial charge >= 0.3 is 0 Å². The molecule has 0 bridgehead atoms. The van der Waals surface area contributed by atoms with Crippen molar-refractivity contribution in [1.29, 1.82) is 0 Å². The molecule has 118 valence electrons. The minimum atomic E-state index is 0.819. The molecule has 0 fully saturated rings. The van der Waals surface area contributed by atoms with Gasteiger partial charge in [-0.05, 0) is 24.6 Å². The van der Waals surface area contributed by atoms with E-state index in [1.54, 1.807) is 18.9 Å². The van der Waals surface area contributed by atoms with E-state index < -0.39 is 0 Å². The maximum Gasteiger partial charge on any atom is 0.191 e. The molecule has 2 aromatic carbocycles. The van der Waals surface area contributed by atoms with Crippen LogP contribution in [0.5, 0.6) is 5.75 Å². The van der Waals surface area contributed by atoms with Gasteiger partial charge in [-0.1, -0.05) is 53.7 Å². The quantitative estimate of drug-likeness (QED) is 0.662. The predicted molar refractivity (Wildman–Crippen MR) is 93.7 cm³/mol. The van der Waals surface area contributed by atoms with E-state index in [0.717, 1.165) is 28.0 Å². The summed E-state index contributed by atoms with van der Waals surface area (Å²) >= 11 is 1.69. The van der Waals surface area contributed by atoms with Crippen molar-refractivity contribution in [2.45, 2.75) is 17.8 Å². The van der Waals surface area contributed by atoms with Gasteiger partial charge in [0.2, 0.25) is 0 Å². The van der Waals surface area contributed by atoms with Crippen LogP contribution < -0.4 is 4.74 Å². The molecule has 0 unspecified atom stereocenters. The van der Waals surface area contributed by atoms with E-state index in [1.165, 1.54) is 11.1 Å². The molecule has 4 nitrogen and oxygen atoms in total. The Morgan fingerprint density at radius 3 is 2.70 bits per heavy atom. The molecule has 0 radical (unpaired) electrons. The minimum Gasteiger partial charge on any atom is -0.497 e. The Kier molecular flexibility index (Phi) is 4.67. The Labute approximate surface area is 140 Å². The van der Waals surface area contributed by atoms with E-state index in [0.29, 0.717) is 0 Å². The van der Waals surface area contributed by atoms with Crippen molar-refractivity contribution in [3.8, 4) is 17.1 Å². The summed E-state index contributed by atoms with van der Waals surface area (Å²) in [5.41, 5.74) is 3.57. The number of rotatable bonds is 5. The molecule has 5 heteroatoms. The normalized spacial score (nSPS) is 10.7. The van der Waals surface area contributed by atoms with Gasteiger partial charge in [-0.25, -0.2) is 0 Å². The highest BCUT2D eigenvalue weighted by Gasteiger charge is 2.12. The number of thioether (sulfide) groups is 1. The fourth-order valence-electron chi connectivity index (χ4n) is 2.40. The Morgan fingerprint density at radius 2 is 1.91 bits per heavy atom.